The van der Waals surface area contributed by atoms with Gasteiger partial charge in [0, 0.05) is 50.0 Å². The first-order chi connectivity index (χ1) is 21.4. The van der Waals surface area contributed by atoms with E-state index in [4.69, 9.17) is 0 Å². The predicted molar refractivity (Wildman–Crippen MR) is 174 cm³/mol. The summed E-state index contributed by atoms with van der Waals surface area (Å²) in [6, 6.07) is 19.9. The molecule has 238 valence electrons. The van der Waals surface area contributed by atoms with Crippen LogP contribution in [0.15, 0.2) is 66.9 Å². The molecule has 1 aromatic heterocycles. The van der Waals surface area contributed by atoms with Gasteiger partial charge in [-0.05, 0) is 80.7 Å². The molecule has 4 N–H and O–H groups in total. The Morgan fingerprint density at radius 2 is 1.58 bits per heavy atom. The molecule has 3 amide bonds. The number of nitrogens with zero attached hydrogens (tertiary/aromatic N) is 2. The second-order valence-electron chi connectivity index (χ2n) is 13.4. The topological polar surface area (TPSA) is 132 Å². The summed E-state index contributed by atoms with van der Waals surface area (Å²) in [6.45, 7) is 7.44. The van der Waals surface area contributed by atoms with Gasteiger partial charge in [-0.3, -0.25) is 9.59 Å². The smallest absolute Gasteiger partial charge is 0.405 e. The summed E-state index contributed by atoms with van der Waals surface area (Å²) < 4.78 is 0. The van der Waals surface area contributed by atoms with Gasteiger partial charge in [0.1, 0.15) is 5.82 Å². The van der Waals surface area contributed by atoms with E-state index in [1.807, 2.05) is 65.6 Å². The van der Waals surface area contributed by atoms with Gasteiger partial charge in [-0.15, -0.1) is 0 Å². The Hall–Kier alpha value is -4.24. The predicted octanol–water partition coefficient (Wildman–Crippen LogP) is 6.57. The molecule has 2 fully saturated rings. The minimum atomic E-state index is -1.12. The highest BCUT2D eigenvalue weighted by molar-refractivity contribution is 5.92. The van der Waals surface area contributed by atoms with Crippen molar-refractivity contribution in [3.63, 3.8) is 0 Å². The van der Waals surface area contributed by atoms with Crippen molar-refractivity contribution in [3.05, 3.63) is 72.4 Å². The van der Waals surface area contributed by atoms with Gasteiger partial charge in [0.05, 0.1) is 11.1 Å². The zero-order valence-electron chi connectivity index (χ0n) is 26.5. The highest BCUT2D eigenvalue weighted by Crippen LogP contribution is 2.48. The van der Waals surface area contributed by atoms with E-state index in [1.165, 1.54) is 0 Å². The zero-order valence-corrected chi connectivity index (χ0v) is 26.5. The number of benzene rings is 2. The normalized spacial score (nSPS) is 24.4. The molecule has 45 heavy (non-hydrogen) atoms. The van der Waals surface area contributed by atoms with Crippen LogP contribution in [0.1, 0.15) is 78.2 Å². The van der Waals surface area contributed by atoms with Crippen molar-refractivity contribution >= 4 is 23.7 Å². The van der Waals surface area contributed by atoms with Gasteiger partial charge in [-0.1, -0.05) is 54.6 Å². The van der Waals surface area contributed by atoms with E-state index < -0.39 is 17.2 Å². The molecule has 0 spiro atoms. The number of carbonyl (C=O) groups is 3. The van der Waals surface area contributed by atoms with Crippen LogP contribution in [0.5, 0.6) is 0 Å². The van der Waals surface area contributed by atoms with Gasteiger partial charge in [-0.25, -0.2) is 9.78 Å². The number of carboxylic acid groups (broad SMARTS) is 1. The highest BCUT2D eigenvalue weighted by atomic mass is 16.4. The molecule has 0 radical (unpaired) electrons. The number of pyridine rings is 1. The van der Waals surface area contributed by atoms with Crippen molar-refractivity contribution in [1.82, 2.24) is 15.2 Å². The molecular formula is C36H44N4O5. The molecule has 1 heterocycles. The van der Waals surface area contributed by atoms with Gasteiger partial charge in [0.25, 0.3) is 0 Å². The van der Waals surface area contributed by atoms with Gasteiger partial charge >= 0.3 is 6.09 Å². The molecule has 0 aliphatic heterocycles. The molecule has 0 saturated heterocycles. The fourth-order valence-electron chi connectivity index (χ4n) is 7.52. The summed E-state index contributed by atoms with van der Waals surface area (Å²) >= 11 is 0. The monoisotopic (exact) mass is 612 g/mol. The van der Waals surface area contributed by atoms with Crippen LogP contribution in [-0.4, -0.2) is 55.7 Å². The van der Waals surface area contributed by atoms with Crippen molar-refractivity contribution in [2.75, 3.05) is 5.32 Å². The lowest BCUT2D eigenvalue weighted by molar-refractivity contribution is -0.134. The van der Waals surface area contributed by atoms with Crippen molar-refractivity contribution in [1.29, 1.82) is 0 Å². The number of anilines is 1. The maximum absolute atomic E-state index is 13.1. The van der Waals surface area contributed by atoms with Crippen LogP contribution in [0, 0.1) is 5.92 Å². The van der Waals surface area contributed by atoms with E-state index in [0.717, 1.165) is 53.5 Å². The Morgan fingerprint density at radius 3 is 2.13 bits per heavy atom. The van der Waals surface area contributed by atoms with Crippen molar-refractivity contribution in [3.8, 4) is 22.3 Å². The third kappa shape index (κ3) is 7.36. The first-order valence-corrected chi connectivity index (χ1v) is 15.8. The second-order valence-corrected chi connectivity index (χ2v) is 13.4. The number of hydrogen-bond donors (Lipinski definition) is 4. The Morgan fingerprint density at radius 1 is 0.956 bits per heavy atom. The molecule has 2 aliphatic rings. The Bertz CT molecular complexity index is 1520. The summed E-state index contributed by atoms with van der Waals surface area (Å²) in [7, 11) is 0. The fraction of sp³-hybridized carbons (Fsp3) is 0.444. The Kier molecular flexibility index (Phi) is 9.30. The number of carbonyl (C=O) groups excluding carboxylic acids is 2. The molecule has 2 aromatic carbocycles. The van der Waals surface area contributed by atoms with Gasteiger partial charge in [0.15, 0.2) is 0 Å². The minimum Gasteiger partial charge on any atom is -0.465 e. The van der Waals surface area contributed by atoms with E-state index in [0.29, 0.717) is 25.1 Å². The molecule has 5 rings (SSSR count). The van der Waals surface area contributed by atoms with Gasteiger partial charge in [-0.2, -0.15) is 0 Å². The van der Waals surface area contributed by atoms with Crippen LogP contribution in [0.4, 0.5) is 10.6 Å². The summed E-state index contributed by atoms with van der Waals surface area (Å²) in [4.78, 5) is 43.4. The van der Waals surface area contributed by atoms with Crippen LogP contribution in [-0.2, 0) is 15.1 Å². The van der Waals surface area contributed by atoms with Gasteiger partial charge < -0.3 is 25.7 Å². The van der Waals surface area contributed by atoms with E-state index in [1.54, 1.807) is 20.0 Å². The fourth-order valence-corrected chi connectivity index (χ4v) is 7.52. The first kappa shape index (κ1) is 32.2. The molecule has 9 nitrogen and oxygen atoms in total. The molecule has 0 bridgehead atoms. The van der Waals surface area contributed by atoms with Crippen molar-refractivity contribution in [2.45, 2.75) is 95.9 Å². The van der Waals surface area contributed by atoms with E-state index in [-0.39, 0.29) is 29.8 Å². The number of aliphatic hydroxyl groups is 1. The first-order valence-electron chi connectivity index (χ1n) is 15.8. The largest absolute Gasteiger partial charge is 0.465 e. The maximum atomic E-state index is 13.1. The minimum absolute atomic E-state index is 0.0676. The summed E-state index contributed by atoms with van der Waals surface area (Å²) in [5.74, 6) is 0.795. The van der Waals surface area contributed by atoms with Crippen LogP contribution >= 0.6 is 0 Å². The number of hydrogen-bond acceptors (Lipinski definition) is 5. The van der Waals surface area contributed by atoms with E-state index >= 15 is 0 Å². The van der Waals surface area contributed by atoms with Crippen LogP contribution in [0.25, 0.3) is 22.3 Å². The summed E-state index contributed by atoms with van der Waals surface area (Å²) in [5.41, 5.74) is 2.72. The third-order valence-corrected chi connectivity index (χ3v) is 9.32. The second kappa shape index (κ2) is 13.0. The Labute approximate surface area is 265 Å². The number of rotatable bonds is 9. The van der Waals surface area contributed by atoms with Crippen molar-refractivity contribution < 1.29 is 24.6 Å². The third-order valence-electron chi connectivity index (χ3n) is 9.32. The standard InChI is InChI=1S/C36H44N4O5/c1-23(2)40(24(3)41)29-16-10-25(11-17-29)18-33(42)38-32-19-30(26-8-6-5-7-9-26)31(20-37-32)27-12-14-28(15-13-27)36(39-34(43)44)21-35(4,45)22-36/h5-9,12-15,19-20,23,25,29,39,45H,10-11,16-18,21-22H2,1-4H3,(H,43,44)(H,37,38,42). The highest BCUT2D eigenvalue weighted by Gasteiger charge is 2.53. The van der Waals surface area contributed by atoms with Crippen LogP contribution in [0.2, 0.25) is 0 Å². The average Bonchev–Trinajstić information content (AvgIpc) is 2.97. The van der Waals surface area contributed by atoms with Crippen LogP contribution < -0.4 is 10.6 Å². The maximum Gasteiger partial charge on any atom is 0.405 e. The zero-order chi connectivity index (χ0) is 32.4. The molecule has 0 atom stereocenters. The summed E-state index contributed by atoms with van der Waals surface area (Å²) in [6.07, 6.45) is 5.29. The molecule has 3 aromatic rings. The average molecular weight is 613 g/mol. The lowest BCUT2D eigenvalue weighted by atomic mass is 9.62. The SMILES string of the molecule is CC(=O)N(C(C)C)C1CCC(CC(=O)Nc2cc(-c3ccccc3)c(-c3ccc(C4(NC(=O)O)CC(C)(O)C4)cc3)cn2)CC1. The van der Waals surface area contributed by atoms with E-state index in [2.05, 4.69) is 29.5 Å². The van der Waals surface area contributed by atoms with Crippen molar-refractivity contribution in [2.24, 2.45) is 5.92 Å². The molecule has 2 aliphatic carbocycles. The molecule has 2 saturated carbocycles. The lowest BCUT2D eigenvalue weighted by Gasteiger charge is -2.51. The van der Waals surface area contributed by atoms with Gasteiger partial charge in [0.2, 0.25) is 11.8 Å². The Balaban J connectivity index is 1.31. The molecule has 0 unspecified atom stereocenters. The van der Waals surface area contributed by atoms with Crippen LogP contribution in [0.3, 0.4) is 0 Å². The number of amides is 3. The number of aromatic nitrogens is 1. The number of nitrogens with one attached hydrogen (secondary N) is 2. The summed E-state index contributed by atoms with van der Waals surface area (Å²) in [5, 5.41) is 25.5. The molecule has 9 heteroatoms. The quantitative estimate of drug-likeness (QED) is 0.216. The van der Waals surface area contributed by atoms with E-state index in [9.17, 15) is 24.6 Å². The molecular weight excluding hydrogens is 568 g/mol. The lowest BCUT2D eigenvalue weighted by Crippen LogP contribution is -2.61.